The van der Waals surface area contributed by atoms with Crippen LogP contribution in [-0.2, 0) is 0 Å². The van der Waals surface area contributed by atoms with Gasteiger partial charge < -0.3 is 9.73 Å². The quantitative estimate of drug-likeness (QED) is 0.723. The fourth-order valence-corrected chi connectivity index (χ4v) is 2.45. The van der Waals surface area contributed by atoms with Crippen molar-refractivity contribution in [2.45, 2.75) is 23.6 Å². The van der Waals surface area contributed by atoms with Gasteiger partial charge in [-0.25, -0.2) is 15.0 Å². The Morgan fingerprint density at radius 2 is 2.15 bits per heavy atom. The van der Waals surface area contributed by atoms with E-state index in [1.807, 2.05) is 30.3 Å². The van der Waals surface area contributed by atoms with Gasteiger partial charge in [0.2, 0.25) is 0 Å². The average Bonchev–Trinajstić information content (AvgIpc) is 2.87. The number of rotatable bonds is 5. The van der Waals surface area contributed by atoms with E-state index in [0.29, 0.717) is 5.22 Å². The fourth-order valence-electron chi connectivity index (χ4n) is 1.73. The zero-order chi connectivity index (χ0) is 13.8. The standard InChI is InChI=1S/C14H14N4OS/c1-2-7-15-12-8-13(17-9-16-12)20-14-18-10-5-3-4-6-11(10)19-14/h3-6,8-9H,2,7H2,1H3,(H,15,16,17). The number of hydrogen-bond donors (Lipinski definition) is 1. The number of fused-ring (bicyclic) bond motifs is 1. The normalized spacial score (nSPS) is 10.8. The molecule has 2 aromatic heterocycles. The lowest BCUT2D eigenvalue weighted by atomic mass is 10.3. The second kappa shape index (κ2) is 5.92. The van der Waals surface area contributed by atoms with Crippen LogP contribution in [0.1, 0.15) is 13.3 Å². The first kappa shape index (κ1) is 12.9. The van der Waals surface area contributed by atoms with Crippen LogP contribution in [0, 0.1) is 0 Å². The molecule has 0 saturated carbocycles. The van der Waals surface area contributed by atoms with E-state index in [9.17, 15) is 0 Å². The molecule has 3 rings (SSSR count). The van der Waals surface area contributed by atoms with Crippen LogP contribution in [0.25, 0.3) is 11.1 Å². The van der Waals surface area contributed by atoms with Crippen LogP contribution >= 0.6 is 11.8 Å². The van der Waals surface area contributed by atoms with Crippen molar-refractivity contribution in [3.05, 3.63) is 36.7 Å². The van der Waals surface area contributed by atoms with Crippen molar-refractivity contribution in [2.75, 3.05) is 11.9 Å². The van der Waals surface area contributed by atoms with Gasteiger partial charge in [0.15, 0.2) is 5.58 Å². The second-order valence-corrected chi connectivity index (χ2v) is 5.19. The molecule has 5 nitrogen and oxygen atoms in total. The van der Waals surface area contributed by atoms with Crippen molar-refractivity contribution in [3.63, 3.8) is 0 Å². The molecule has 0 unspecified atom stereocenters. The van der Waals surface area contributed by atoms with Crippen molar-refractivity contribution < 1.29 is 4.42 Å². The molecule has 0 fully saturated rings. The molecule has 0 bridgehead atoms. The third kappa shape index (κ3) is 2.91. The minimum Gasteiger partial charge on any atom is -0.431 e. The van der Waals surface area contributed by atoms with Gasteiger partial charge in [-0.2, -0.15) is 0 Å². The monoisotopic (exact) mass is 286 g/mol. The first-order valence-electron chi connectivity index (χ1n) is 6.44. The van der Waals surface area contributed by atoms with Gasteiger partial charge in [0.1, 0.15) is 22.7 Å². The number of anilines is 1. The molecule has 0 aliphatic rings. The summed E-state index contributed by atoms with van der Waals surface area (Å²) in [6.07, 6.45) is 2.60. The molecule has 1 aromatic carbocycles. The Hall–Kier alpha value is -2.08. The lowest BCUT2D eigenvalue weighted by Gasteiger charge is -2.03. The molecular formula is C14H14N4OS. The number of oxazole rings is 1. The Morgan fingerprint density at radius 3 is 3.00 bits per heavy atom. The molecule has 1 N–H and O–H groups in total. The zero-order valence-electron chi connectivity index (χ0n) is 11.0. The molecule has 0 saturated heterocycles. The van der Waals surface area contributed by atoms with Gasteiger partial charge in [-0.15, -0.1) is 0 Å². The molecule has 0 amide bonds. The molecule has 0 radical (unpaired) electrons. The molecule has 20 heavy (non-hydrogen) atoms. The van der Waals surface area contributed by atoms with Gasteiger partial charge in [-0.1, -0.05) is 19.1 Å². The van der Waals surface area contributed by atoms with Crippen LogP contribution in [0.4, 0.5) is 5.82 Å². The lowest BCUT2D eigenvalue weighted by Crippen LogP contribution is -2.02. The number of hydrogen-bond acceptors (Lipinski definition) is 6. The van der Waals surface area contributed by atoms with E-state index in [-0.39, 0.29) is 0 Å². The summed E-state index contributed by atoms with van der Waals surface area (Å²) < 4.78 is 5.66. The summed E-state index contributed by atoms with van der Waals surface area (Å²) in [5.41, 5.74) is 1.64. The third-order valence-corrected chi connectivity index (χ3v) is 3.45. The summed E-state index contributed by atoms with van der Waals surface area (Å²) in [6.45, 7) is 3.01. The predicted molar refractivity (Wildman–Crippen MR) is 78.9 cm³/mol. The molecule has 2 heterocycles. The predicted octanol–water partition coefficient (Wildman–Crippen LogP) is 3.59. The summed E-state index contributed by atoms with van der Waals surface area (Å²) in [5, 5.41) is 4.63. The van der Waals surface area contributed by atoms with Crippen molar-refractivity contribution in [1.82, 2.24) is 15.0 Å². The van der Waals surface area contributed by atoms with E-state index in [4.69, 9.17) is 4.42 Å². The van der Waals surface area contributed by atoms with Crippen molar-refractivity contribution in [3.8, 4) is 0 Å². The zero-order valence-corrected chi connectivity index (χ0v) is 11.9. The maximum absolute atomic E-state index is 5.66. The highest BCUT2D eigenvalue weighted by Crippen LogP contribution is 2.29. The SMILES string of the molecule is CCCNc1cc(Sc2nc3ccccc3o2)ncn1. The summed E-state index contributed by atoms with van der Waals surface area (Å²) in [5.74, 6) is 0.820. The Bertz CT molecular complexity index is 680. The highest BCUT2D eigenvalue weighted by molar-refractivity contribution is 7.99. The molecule has 0 atom stereocenters. The van der Waals surface area contributed by atoms with E-state index in [2.05, 4.69) is 27.2 Å². The number of benzene rings is 1. The minimum absolute atomic E-state index is 0.589. The van der Waals surface area contributed by atoms with Gasteiger partial charge >= 0.3 is 0 Å². The summed E-state index contributed by atoms with van der Waals surface area (Å²) in [7, 11) is 0. The van der Waals surface area contributed by atoms with Gasteiger partial charge in [0, 0.05) is 12.6 Å². The van der Waals surface area contributed by atoms with Gasteiger partial charge in [0.05, 0.1) is 0 Å². The summed E-state index contributed by atoms with van der Waals surface area (Å²) in [4.78, 5) is 12.8. The van der Waals surface area contributed by atoms with Crippen LogP contribution in [0.2, 0.25) is 0 Å². The van der Waals surface area contributed by atoms with Crippen molar-refractivity contribution >= 4 is 28.7 Å². The Morgan fingerprint density at radius 1 is 1.25 bits per heavy atom. The maximum Gasteiger partial charge on any atom is 0.263 e. The van der Waals surface area contributed by atoms with E-state index < -0.39 is 0 Å². The molecule has 102 valence electrons. The van der Waals surface area contributed by atoms with Gasteiger partial charge in [-0.3, -0.25) is 0 Å². The fraction of sp³-hybridized carbons (Fsp3) is 0.214. The second-order valence-electron chi connectivity index (χ2n) is 4.22. The van der Waals surface area contributed by atoms with E-state index in [1.165, 1.54) is 11.8 Å². The van der Waals surface area contributed by atoms with Crippen molar-refractivity contribution in [1.29, 1.82) is 0 Å². The lowest BCUT2D eigenvalue weighted by molar-refractivity contribution is 0.489. The molecular weight excluding hydrogens is 272 g/mol. The van der Waals surface area contributed by atoms with Gasteiger partial charge in [0.25, 0.3) is 5.22 Å². The Kier molecular flexibility index (Phi) is 3.83. The molecule has 0 aliphatic heterocycles. The molecule has 0 aliphatic carbocycles. The van der Waals surface area contributed by atoms with E-state index in [1.54, 1.807) is 6.33 Å². The Labute approximate surface area is 120 Å². The molecule has 3 aromatic rings. The van der Waals surface area contributed by atoms with Crippen molar-refractivity contribution in [2.24, 2.45) is 0 Å². The van der Waals surface area contributed by atoms with E-state index >= 15 is 0 Å². The van der Waals surface area contributed by atoms with Crippen LogP contribution in [0.3, 0.4) is 0 Å². The van der Waals surface area contributed by atoms with Gasteiger partial charge in [-0.05, 0) is 30.3 Å². The number of nitrogens with zero attached hydrogens (tertiary/aromatic N) is 3. The number of para-hydroxylation sites is 2. The van der Waals surface area contributed by atoms with Crippen LogP contribution in [-0.4, -0.2) is 21.5 Å². The smallest absolute Gasteiger partial charge is 0.263 e. The largest absolute Gasteiger partial charge is 0.431 e. The Balaban J connectivity index is 1.79. The average molecular weight is 286 g/mol. The van der Waals surface area contributed by atoms with Crippen LogP contribution in [0.5, 0.6) is 0 Å². The van der Waals surface area contributed by atoms with Crippen LogP contribution < -0.4 is 5.32 Å². The van der Waals surface area contributed by atoms with E-state index in [0.717, 1.165) is 34.9 Å². The molecule has 6 heteroatoms. The third-order valence-electron chi connectivity index (χ3n) is 2.66. The molecule has 0 spiro atoms. The summed E-state index contributed by atoms with van der Waals surface area (Å²) in [6, 6.07) is 9.60. The number of aromatic nitrogens is 3. The topological polar surface area (TPSA) is 63.8 Å². The highest BCUT2D eigenvalue weighted by atomic mass is 32.2. The van der Waals surface area contributed by atoms with Crippen LogP contribution in [0.15, 0.2) is 51.3 Å². The maximum atomic E-state index is 5.66. The minimum atomic E-state index is 0.589. The first-order chi connectivity index (χ1) is 9.85. The first-order valence-corrected chi connectivity index (χ1v) is 7.26. The summed E-state index contributed by atoms with van der Waals surface area (Å²) >= 11 is 1.39. The number of nitrogens with one attached hydrogen (secondary N) is 1. The highest BCUT2D eigenvalue weighted by Gasteiger charge is 2.08.